The largest absolute Gasteiger partial charge is 0.463 e. The van der Waals surface area contributed by atoms with E-state index in [0.29, 0.717) is 12.2 Å². The second-order valence-electron chi connectivity index (χ2n) is 9.93. The van der Waals surface area contributed by atoms with Gasteiger partial charge in [-0.2, -0.15) is 5.10 Å². The van der Waals surface area contributed by atoms with Crippen LogP contribution in [0.15, 0.2) is 84.6 Å². The summed E-state index contributed by atoms with van der Waals surface area (Å²) in [7, 11) is 0. The highest BCUT2D eigenvalue weighted by Gasteiger charge is 2.20. The normalized spacial score (nSPS) is 16.7. The van der Waals surface area contributed by atoms with Gasteiger partial charge in [-0.15, -0.1) is 0 Å². The molecule has 4 aromatic rings. The van der Waals surface area contributed by atoms with Crippen LogP contribution in [0.25, 0.3) is 28.1 Å². The van der Waals surface area contributed by atoms with Gasteiger partial charge in [0.15, 0.2) is 6.23 Å². The van der Waals surface area contributed by atoms with E-state index in [1.54, 1.807) is 6.92 Å². The third-order valence-electron chi connectivity index (χ3n) is 7.27. The molecule has 1 aliphatic heterocycles. The molecule has 1 saturated heterocycles. The van der Waals surface area contributed by atoms with Gasteiger partial charge in [-0.05, 0) is 91.1 Å². The van der Waals surface area contributed by atoms with Crippen molar-refractivity contribution in [2.45, 2.75) is 52.7 Å². The second kappa shape index (κ2) is 12.3. The van der Waals surface area contributed by atoms with Crippen molar-refractivity contribution in [2.75, 3.05) is 13.2 Å². The zero-order valence-electron chi connectivity index (χ0n) is 23.0. The minimum atomic E-state index is -0.285. The SMILES string of the molecule is CCOC(=O)/C(C)=C/c1ccc(/C(=C(/CC)c2ccccc2)c2ccc3c(cnn3C3CCCCO3)c2)cc1. The van der Waals surface area contributed by atoms with Crippen LogP contribution in [0.4, 0.5) is 0 Å². The molecule has 1 aliphatic rings. The topological polar surface area (TPSA) is 53.3 Å². The maximum absolute atomic E-state index is 12.1. The number of ether oxygens (including phenoxy) is 2. The zero-order valence-corrected chi connectivity index (χ0v) is 23.0. The molecule has 0 saturated carbocycles. The van der Waals surface area contributed by atoms with Gasteiger partial charge in [0.2, 0.25) is 0 Å². The Bertz CT molecular complexity index is 1490. The predicted molar refractivity (Wildman–Crippen MR) is 158 cm³/mol. The molecule has 0 N–H and O–H groups in total. The standard InChI is InChI=1S/C34H36N2O3/c1-4-30(26-11-7-6-8-12-26)33(27-16-14-25(15-17-27)21-24(3)34(37)38-5-2)28-18-19-31-29(22-28)23-35-36(31)32-13-9-10-20-39-32/h6-8,11-12,14-19,21-23,32H,4-5,9-10,13,20H2,1-3H3/b24-21+,33-30+. The number of nitrogens with zero attached hydrogens (tertiary/aromatic N) is 2. The van der Waals surface area contributed by atoms with Gasteiger partial charge in [0.05, 0.1) is 18.3 Å². The molecule has 5 nitrogen and oxygen atoms in total. The number of allylic oxidation sites excluding steroid dienone is 1. The fraction of sp³-hybridized carbons (Fsp3) is 0.294. The second-order valence-corrected chi connectivity index (χ2v) is 9.93. The van der Waals surface area contributed by atoms with Gasteiger partial charge in [-0.1, -0.05) is 67.6 Å². The number of carbonyl (C=O) groups is 1. The third kappa shape index (κ3) is 5.89. The summed E-state index contributed by atoms with van der Waals surface area (Å²) in [5, 5.41) is 5.82. The predicted octanol–water partition coefficient (Wildman–Crippen LogP) is 8.07. The maximum atomic E-state index is 12.1. The number of rotatable bonds is 8. The molecule has 1 unspecified atom stereocenters. The minimum absolute atomic E-state index is 0.00583. The molecule has 3 aromatic carbocycles. The lowest BCUT2D eigenvalue weighted by Gasteiger charge is -2.23. The van der Waals surface area contributed by atoms with Gasteiger partial charge in [0.25, 0.3) is 0 Å². The lowest BCUT2D eigenvalue weighted by molar-refractivity contribution is -0.138. The summed E-state index contributed by atoms with van der Waals surface area (Å²) in [4.78, 5) is 12.1. The van der Waals surface area contributed by atoms with Crippen LogP contribution in [0.1, 0.15) is 74.9 Å². The van der Waals surface area contributed by atoms with Crippen molar-refractivity contribution in [1.29, 1.82) is 0 Å². The van der Waals surface area contributed by atoms with Crippen molar-refractivity contribution in [3.05, 3.63) is 107 Å². The molecule has 0 spiro atoms. The molecule has 1 aromatic heterocycles. The molecule has 5 heteroatoms. The Balaban J connectivity index is 1.58. The Morgan fingerprint density at radius 2 is 1.77 bits per heavy atom. The summed E-state index contributed by atoms with van der Waals surface area (Å²) in [6.45, 7) is 6.97. The average molecular weight is 521 g/mol. The summed E-state index contributed by atoms with van der Waals surface area (Å²) >= 11 is 0. The molecule has 2 heterocycles. The highest BCUT2D eigenvalue weighted by atomic mass is 16.5. The highest BCUT2D eigenvalue weighted by molar-refractivity contribution is 6.00. The van der Waals surface area contributed by atoms with Gasteiger partial charge in [-0.3, -0.25) is 0 Å². The van der Waals surface area contributed by atoms with E-state index >= 15 is 0 Å². The van der Waals surface area contributed by atoms with E-state index in [4.69, 9.17) is 14.6 Å². The Labute approximate surface area is 230 Å². The van der Waals surface area contributed by atoms with Crippen molar-refractivity contribution < 1.29 is 14.3 Å². The summed E-state index contributed by atoms with van der Waals surface area (Å²) in [6.07, 6.45) is 7.99. The van der Waals surface area contributed by atoms with E-state index in [-0.39, 0.29) is 12.2 Å². The van der Waals surface area contributed by atoms with Crippen LogP contribution >= 0.6 is 0 Å². The zero-order chi connectivity index (χ0) is 27.2. The van der Waals surface area contributed by atoms with E-state index in [1.807, 2.05) is 23.9 Å². The first-order chi connectivity index (χ1) is 19.1. The fourth-order valence-corrected chi connectivity index (χ4v) is 5.33. The first kappa shape index (κ1) is 26.6. The number of hydrogen-bond donors (Lipinski definition) is 0. The van der Waals surface area contributed by atoms with Gasteiger partial charge < -0.3 is 9.47 Å². The van der Waals surface area contributed by atoms with Gasteiger partial charge in [0, 0.05) is 17.6 Å². The lowest BCUT2D eigenvalue weighted by atomic mass is 9.87. The molecule has 1 atom stereocenters. The Kier molecular flexibility index (Phi) is 8.38. The van der Waals surface area contributed by atoms with E-state index in [1.165, 1.54) is 23.1 Å². The van der Waals surface area contributed by atoms with Gasteiger partial charge >= 0.3 is 5.97 Å². The Morgan fingerprint density at radius 1 is 1.00 bits per heavy atom. The minimum Gasteiger partial charge on any atom is -0.463 e. The van der Waals surface area contributed by atoms with Gasteiger partial charge in [-0.25, -0.2) is 9.48 Å². The quantitative estimate of drug-likeness (QED) is 0.134. The van der Waals surface area contributed by atoms with Crippen LogP contribution in [0, 0.1) is 0 Å². The Hall–Kier alpha value is -3.96. The smallest absolute Gasteiger partial charge is 0.333 e. The van der Waals surface area contributed by atoms with Crippen LogP contribution < -0.4 is 0 Å². The van der Waals surface area contributed by atoms with Crippen LogP contribution in [0.2, 0.25) is 0 Å². The maximum Gasteiger partial charge on any atom is 0.333 e. The van der Waals surface area contributed by atoms with E-state index in [0.717, 1.165) is 53.5 Å². The molecule has 0 aliphatic carbocycles. The molecule has 200 valence electrons. The molecular weight excluding hydrogens is 484 g/mol. The number of aromatic nitrogens is 2. The summed E-state index contributed by atoms with van der Waals surface area (Å²) in [6, 6.07) is 25.6. The van der Waals surface area contributed by atoms with E-state index in [9.17, 15) is 4.79 Å². The van der Waals surface area contributed by atoms with Crippen molar-refractivity contribution >= 4 is 34.1 Å². The number of benzene rings is 3. The molecule has 0 radical (unpaired) electrons. The molecule has 0 bridgehead atoms. The van der Waals surface area contributed by atoms with E-state index < -0.39 is 0 Å². The van der Waals surface area contributed by atoms with Crippen LogP contribution in [0.5, 0.6) is 0 Å². The number of fused-ring (bicyclic) bond motifs is 1. The number of hydrogen-bond acceptors (Lipinski definition) is 4. The highest BCUT2D eigenvalue weighted by Crippen LogP contribution is 2.36. The average Bonchev–Trinajstić information content (AvgIpc) is 3.41. The summed E-state index contributed by atoms with van der Waals surface area (Å²) < 4.78 is 13.2. The molecule has 0 amide bonds. The molecule has 5 rings (SSSR count). The van der Waals surface area contributed by atoms with Crippen molar-refractivity contribution in [3.8, 4) is 0 Å². The first-order valence-corrected chi connectivity index (χ1v) is 13.9. The van der Waals surface area contributed by atoms with Crippen molar-refractivity contribution in [1.82, 2.24) is 9.78 Å². The lowest BCUT2D eigenvalue weighted by Crippen LogP contribution is -2.18. The molecule has 1 fully saturated rings. The summed E-state index contributed by atoms with van der Waals surface area (Å²) in [5.41, 5.74) is 8.62. The molecular formula is C34H36N2O3. The summed E-state index contributed by atoms with van der Waals surface area (Å²) in [5.74, 6) is -0.285. The van der Waals surface area contributed by atoms with Crippen molar-refractivity contribution in [3.63, 3.8) is 0 Å². The van der Waals surface area contributed by atoms with Crippen LogP contribution in [-0.2, 0) is 14.3 Å². The third-order valence-corrected chi connectivity index (χ3v) is 7.27. The Morgan fingerprint density at radius 3 is 2.46 bits per heavy atom. The van der Waals surface area contributed by atoms with Crippen LogP contribution in [-0.4, -0.2) is 29.0 Å². The molecule has 39 heavy (non-hydrogen) atoms. The van der Waals surface area contributed by atoms with E-state index in [2.05, 4.69) is 79.7 Å². The number of carbonyl (C=O) groups excluding carboxylic acids is 1. The fourth-order valence-electron chi connectivity index (χ4n) is 5.33. The first-order valence-electron chi connectivity index (χ1n) is 13.9. The number of esters is 1. The van der Waals surface area contributed by atoms with Crippen molar-refractivity contribution in [2.24, 2.45) is 0 Å². The monoisotopic (exact) mass is 520 g/mol. The van der Waals surface area contributed by atoms with Crippen LogP contribution in [0.3, 0.4) is 0 Å². The van der Waals surface area contributed by atoms with Gasteiger partial charge in [0.1, 0.15) is 0 Å².